The average Bonchev–Trinajstić information content (AvgIpc) is 2.53. The van der Waals surface area contributed by atoms with Gasteiger partial charge in [-0.05, 0) is 0 Å². The fourth-order valence-electron chi connectivity index (χ4n) is 1.76. The molecule has 2 bridgehead atoms. The van der Waals surface area contributed by atoms with Gasteiger partial charge in [0, 0.05) is 0 Å². The Labute approximate surface area is 62.7 Å². The maximum atomic E-state index is 10.6. The fraction of sp³-hybridized carbons (Fsp3) is 0.571. The van der Waals surface area contributed by atoms with Gasteiger partial charge in [-0.1, -0.05) is 12.2 Å². The molecule has 0 amide bonds. The molecule has 11 heavy (non-hydrogen) atoms. The van der Waals surface area contributed by atoms with Gasteiger partial charge in [-0.15, -0.1) is 0 Å². The summed E-state index contributed by atoms with van der Waals surface area (Å²) in [5.41, 5.74) is 0. The fourth-order valence-corrected chi connectivity index (χ4v) is 1.76. The van der Waals surface area contributed by atoms with Gasteiger partial charge in [0.25, 0.3) is 0 Å². The summed E-state index contributed by atoms with van der Waals surface area (Å²) in [6, 6.07) is 0. The largest absolute Gasteiger partial charge is 0.509 e. The second-order valence-electron chi connectivity index (χ2n) is 2.87. The van der Waals surface area contributed by atoms with E-state index in [1.54, 1.807) is 0 Å². The highest BCUT2D eigenvalue weighted by Gasteiger charge is 2.55. The molecular weight excluding hydrogens is 148 g/mol. The molecule has 2 fully saturated rings. The quantitative estimate of drug-likeness (QED) is 0.370. The minimum atomic E-state index is -0.568. The summed E-state index contributed by atoms with van der Waals surface area (Å²) in [6.07, 6.45) is 2.71. The Morgan fingerprint density at radius 3 is 2.18 bits per heavy atom. The summed E-state index contributed by atoms with van der Waals surface area (Å²) >= 11 is 0. The Balaban J connectivity index is 1.97. The van der Waals surface area contributed by atoms with E-state index in [9.17, 15) is 4.79 Å². The van der Waals surface area contributed by atoms with E-state index < -0.39 is 6.16 Å². The summed E-state index contributed by atoms with van der Waals surface area (Å²) < 4.78 is 15.1. The van der Waals surface area contributed by atoms with Gasteiger partial charge in [0.2, 0.25) is 0 Å². The summed E-state index contributed by atoms with van der Waals surface area (Å²) in [5.74, 6) is 0. The smallest absolute Gasteiger partial charge is 0.424 e. The molecule has 3 heterocycles. The molecule has 0 aromatic heterocycles. The van der Waals surface area contributed by atoms with E-state index in [2.05, 4.69) is 0 Å². The Morgan fingerprint density at radius 2 is 1.64 bits per heavy atom. The van der Waals surface area contributed by atoms with Crippen LogP contribution in [0.15, 0.2) is 12.2 Å². The zero-order chi connectivity index (χ0) is 7.42. The normalized spacial score (nSPS) is 50.7. The summed E-state index contributed by atoms with van der Waals surface area (Å²) in [4.78, 5) is 10.6. The van der Waals surface area contributed by atoms with Crippen molar-refractivity contribution in [3.8, 4) is 0 Å². The lowest BCUT2D eigenvalue weighted by molar-refractivity contribution is 0.0262. The highest BCUT2D eigenvalue weighted by atomic mass is 16.8. The van der Waals surface area contributed by atoms with Crippen LogP contribution in [0, 0.1) is 0 Å². The van der Waals surface area contributed by atoms with Crippen LogP contribution in [0.4, 0.5) is 4.79 Å². The maximum Gasteiger partial charge on any atom is 0.509 e. The molecule has 0 spiro atoms. The third-order valence-corrected chi connectivity index (χ3v) is 2.24. The van der Waals surface area contributed by atoms with Gasteiger partial charge in [0.15, 0.2) is 12.2 Å². The van der Waals surface area contributed by atoms with Crippen molar-refractivity contribution in [2.45, 2.75) is 24.4 Å². The molecule has 58 valence electrons. The van der Waals surface area contributed by atoms with E-state index in [4.69, 9.17) is 14.2 Å². The lowest BCUT2D eigenvalue weighted by atomic mass is 10.0. The zero-order valence-corrected chi connectivity index (χ0v) is 5.60. The van der Waals surface area contributed by atoms with E-state index in [1.165, 1.54) is 0 Å². The van der Waals surface area contributed by atoms with E-state index in [-0.39, 0.29) is 24.4 Å². The van der Waals surface area contributed by atoms with Crippen molar-refractivity contribution in [3.63, 3.8) is 0 Å². The highest BCUT2D eigenvalue weighted by Crippen LogP contribution is 2.37. The molecule has 0 unspecified atom stereocenters. The number of carbonyl (C=O) groups is 1. The highest BCUT2D eigenvalue weighted by molar-refractivity contribution is 5.63. The number of hydrogen-bond acceptors (Lipinski definition) is 4. The Morgan fingerprint density at radius 1 is 1.09 bits per heavy atom. The van der Waals surface area contributed by atoms with Crippen LogP contribution in [-0.2, 0) is 14.2 Å². The molecule has 0 N–H and O–H groups in total. The van der Waals surface area contributed by atoms with Crippen LogP contribution in [0.1, 0.15) is 0 Å². The molecule has 0 aromatic carbocycles. The summed E-state index contributed by atoms with van der Waals surface area (Å²) in [5, 5.41) is 0. The third kappa shape index (κ3) is 0.557. The minimum Gasteiger partial charge on any atom is -0.424 e. The van der Waals surface area contributed by atoms with Gasteiger partial charge in [-0.3, -0.25) is 0 Å². The van der Waals surface area contributed by atoms with Crippen LogP contribution >= 0.6 is 0 Å². The van der Waals surface area contributed by atoms with Crippen molar-refractivity contribution in [2.75, 3.05) is 0 Å². The molecule has 0 saturated carbocycles. The molecule has 0 aromatic rings. The molecule has 2 saturated heterocycles. The second-order valence-corrected chi connectivity index (χ2v) is 2.87. The van der Waals surface area contributed by atoms with E-state index in [0.717, 1.165) is 0 Å². The Bertz CT molecular complexity index is 225. The van der Waals surface area contributed by atoms with Crippen molar-refractivity contribution in [2.24, 2.45) is 0 Å². The molecule has 3 aliphatic rings. The SMILES string of the molecule is O=C1O[C@H]2[C@H](O1)[C@H]1C=C[C@H]2O1. The Kier molecular flexibility index (Phi) is 0.806. The molecule has 3 rings (SSSR count). The van der Waals surface area contributed by atoms with Crippen LogP contribution in [0.3, 0.4) is 0 Å². The van der Waals surface area contributed by atoms with Crippen LogP contribution in [0.5, 0.6) is 0 Å². The first-order valence-corrected chi connectivity index (χ1v) is 3.56. The monoisotopic (exact) mass is 154 g/mol. The van der Waals surface area contributed by atoms with Gasteiger partial charge in [0.05, 0.1) is 0 Å². The molecule has 4 nitrogen and oxygen atoms in total. The minimum absolute atomic E-state index is 0.0727. The number of fused-ring (bicyclic) bond motifs is 5. The van der Waals surface area contributed by atoms with Gasteiger partial charge >= 0.3 is 6.16 Å². The van der Waals surface area contributed by atoms with Crippen molar-refractivity contribution >= 4 is 6.16 Å². The lowest BCUT2D eigenvalue weighted by Crippen LogP contribution is -2.30. The molecule has 0 aliphatic carbocycles. The third-order valence-electron chi connectivity index (χ3n) is 2.24. The van der Waals surface area contributed by atoms with Crippen LogP contribution in [0.25, 0.3) is 0 Å². The number of rotatable bonds is 0. The summed E-state index contributed by atoms with van der Waals surface area (Å²) in [6.45, 7) is 0. The van der Waals surface area contributed by atoms with E-state index >= 15 is 0 Å². The van der Waals surface area contributed by atoms with Crippen molar-refractivity contribution in [1.82, 2.24) is 0 Å². The van der Waals surface area contributed by atoms with Gasteiger partial charge in [0.1, 0.15) is 12.2 Å². The molecule has 4 atom stereocenters. The predicted molar refractivity (Wildman–Crippen MR) is 32.9 cm³/mol. The molecular formula is C7H6O4. The first kappa shape index (κ1) is 5.60. The second kappa shape index (κ2) is 1.58. The maximum absolute atomic E-state index is 10.6. The van der Waals surface area contributed by atoms with E-state index in [1.807, 2.05) is 12.2 Å². The summed E-state index contributed by atoms with van der Waals surface area (Å²) in [7, 11) is 0. The number of hydrogen-bond donors (Lipinski definition) is 0. The lowest BCUT2D eigenvalue weighted by Gasteiger charge is -2.10. The topological polar surface area (TPSA) is 44.8 Å². The molecule has 0 radical (unpaired) electrons. The first-order chi connectivity index (χ1) is 5.34. The van der Waals surface area contributed by atoms with Gasteiger partial charge < -0.3 is 14.2 Å². The van der Waals surface area contributed by atoms with Crippen molar-refractivity contribution in [1.29, 1.82) is 0 Å². The molecule has 4 heteroatoms. The Hall–Kier alpha value is -1.03. The molecule has 3 aliphatic heterocycles. The van der Waals surface area contributed by atoms with Gasteiger partial charge in [-0.25, -0.2) is 4.79 Å². The predicted octanol–water partition coefficient (Wildman–Crippen LogP) is 0.228. The van der Waals surface area contributed by atoms with Crippen LogP contribution in [-0.4, -0.2) is 30.6 Å². The first-order valence-electron chi connectivity index (χ1n) is 3.56. The van der Waals surface area contributed by atoms with Crippen LogP contribution < -0.4 is 0 Å². The standard InChI is InChI=1S/C7H6O4/c8-7-10-5-3-1-2-4(9-3)6(5)11-7/h1-6H/t3-,4-,5-,6-/m1/s1. The van der Waals surface area contributed by atoms with Gasteiger partial charge in [-0.2, -0.15) is 0 Å². The van der Waals surface area contributed by atoms with Crippen LogP contribution in [0.2, 0.25) is 0 Å². The number of ether oxygens (including phenoxy) is 3. The van der Waals surface area contributed by atoms with Crippen molar-refractivity contribution in [3.05, 3.63) is 12.2 Å². The van der Waals surface area contributed by atoms with E-state index in [0.29, 0.717) is 0 Å². The number of carbonyl (C=O) groups excluding carboxylic acids is 1. The zero-order valence-electron chi connectivity index (χ0n) is 5.60. The average molecular weight is 154 g/mol. The van der Waals surface area contributed by atoms with Crippen molar-refractivity contribution < 1.29 is 19.0 Å².